The van der Waals surface area contributed by atoms with Crippen LogP contribution in [0.25, 0.3) is 10.9 Å². The Morgan fingerprint density at radius 1 is 1.04 bits per heavy atom. The highest BCUT2D eigenvalue weighted by Crippen LogP contribution is 2.21. The second kappa shape index (κ2) is 8.28. The minimum atomic E-state index is 0.723. The highest BCUT2D eigenvalue weighted by molar-refractivity contribution is 5.84. The van der Waals surface area contributed by atoms with Crippen LogP contribution in [-0.4, -0.2) is 23.1 Å². The SMILES string of the molecule is N#Cc1ccc2[nH]cc(CCCCNCCc3ccncc3)c2c1. The number of hydrogen-bond acceptors (Lipinski definition) is 3. The van der Waals surface area contributed by atoms with E-state index in [0.29, 0.717) is 0 Å². The van der Waals surface area contributed by atoms with Gasteiger partial charge in [0.2, 0.25) is 0 Å². The molecule has 0 saturated heterocycles. The predicted molar refractivity (Wildman–Crippen MR) is 96.8 cm³/mol. The number of rotatable bonds is 8. The van der Waals surface area contributed by atoms with E-state index in [0.717, 1.165) is 49.9 Å². The van der Waals surface area contributed by atoms with Crippen LogP contribution < -0.4 is 5.32 Å². The fourth-order valence-corrected chi connectivity index (χ4v) is 2.93. The van der Waals surface area contributed by atoms with Crippen molar-refractivity contribution in [1.82, 2.24) is 15.3 Å². The number of unbranched alkanes of at least 4 members (excludes halogenated alkanes) is 1. The van der Waals surface area contributed by atoms with Gasteiger partial charge in [-0.2, -0.15) is 5.26 Å². The van der Waals surface area contributed by atoms with E-state index in [1.807, 2.05) is 30.6 Å². The van der Waals surface area contributed by atoms with Crippen LogP contribution in [0.1, 0.15) is 29.5 Å². The van der Waals surface area contributed by atoms with Gasteiger partial charge in [-0.05, 0) is 80.2 Å². The summed E-state index contributed by atoms with van der Waals surface area (Å²) in [6, 6.07) is 12.2. The van der Waals surface area contributed by atoms with Crippen molar-refractivity contribution in [2.45, 2.75) is 25.7 Å². The van der Waals surface area contributed by atoms with Crippen molar-refractivity contribution < 1.29 is 0 Å². The topological polar surface area (TPSA) is 64.5 Å². The lowest BCUT2D eigenvalue weighted by atomic mass is 10.1. The quantitative estimate of drug-likeness (QED) is 0.624. The fraction of sp³-hybridized carbons (Fsp3) is 0.300. The number of hydrogen-bond donors (Lipinski definition) is 2. The summed E-state index contributed by atoms with van der Waals surface area (Å²) in [5.74, 6) is 0. The van der Waals surface area contributed by atoms with Gasteiger partial charge in [-0.3, -0.25) is 4.98 Å². The summed E-state index contributed by atoms with van der Waals surface area (Å²) in [5, 5.41) is 13.7. The first-order valence-corrected chi connectivity index (χ1v) is 8.46. The minimum absolute atomic E-state index is 0.723. The maximum absolute atomic E-state index is 9.03. The Labute approximate surface area is 142 Å². The van der Waals surface area contributed by atoms with Crippen LogP contribution in [0.3, 0.4) is 0 Å². The third-order valence-electron chi connectivity index (χ3n) is 4.29. The summed E-state index contributed by atoms with van der Waals surface area (Å²) in [7, 11) is 0. The van der Waals surface area contributed by atoms with E-state index in [-0.39, 0.29) is 0 Å². The molecule has 4 nitrogen and oxygen atoms in total. The molecule has 2 N–H and O–H groups in total. The number of nitrogens with zero attached hydrogens (tertiary/aromatic N) is 2. The van der Waals surface area contributed by atoms with Crippen LogP contribution in [0.4, 0.5) is 0 Å². The van der Waals surface area contributed by atoms with Gasteiger partial charge in [-0.1, -0.05) is 0 Å². The molecule has 0 aliphatic rings. The van der Waals surface area contributed by atoms with E-state index in [2.05, 4.69) is 39.7 Å². The molecule has 0 saturated carbocycles. The molecule has 3 rings (SSSR count). The summed E-state index contributed by atoms with van der Waals surface area (Å²) in [6.45, 7) is 2.04. The molecule has 3 aromatic rings. The van der Waals surface area contributed by atoms with Crippen molar-refractivity contribution in [1.29, 1.82) is 5.26 Å². The van der Waals surface area contributed by atoms with Crippen molar-refractivity contribution in [2.75, 3.05) is 13.1 Å². The van der Waals surface area contributed by atoms with E-state index < -0.39 is 0 Å². The predicted octanol–water partition coefficient (Wildman–Crippen LogP) is 3.59. The zero-order valence-electron chi connectivity index (χ0n) is 13.8. The molecule has 0 bridgehead atoms. The van der Waals surface area contributed by atoms with Crippen LogP contribution >= 0.6 is 0 Å². The second-order valence-corrected chi connectivity index (χ2v) is 6.00. The first-order valence-electron chi connectivity index (χ1n) is 8.46. The van der Waals surface area contributed by atoms with Crippen LogP contribution in [0.5, 0.6) is 0 Å². The smallest absolute Gasteiger partial charge is 0.0991 e. The van der Waals surface area contributed by atoms with Gasteiger partial charge in [0.15, 0.2) is 0 Å². The largest absolute Gasteiger partial charge is 0.361 e. The molecule has 4 heteroatoms. The van der Waals surface area contributed by atoms with Crippen LogP contribution in [0.2, 0.25) is 0 Å². The Morgan fingerprint density at radius 3 is 2.75 bits per heavy atom. The lowest BCUT2D eigenvalue weighted by molar-refractivity contribution is 0.623. The van der Waals surface area contributed by atoms with Gasteiger partial charge in [-0.25, -0.2) is 0 Å². The zero-order chi connectivity index (χ0) is 16.6. The van der Waals surface area contributed by atoms with Crippen LogP contribution in [0, 0.1) is 11.3 Å². The van der Waals surface area contributed by atoms with E-state index >= 15 is 0 Å². The number of benzene rings is 1. The van der Waals surface area contributed by atoms with Gasteiger partial charge in [-0.15, -0.1) is 0 Å². The number of aromatic nitrogens is 2. The maximum atomic E-state index is 9.03. The average molecular weight is 318 g/mol. The van der Waals surface area contributed by atoms with Gasteiger partial charge in [0, 0.05) is 29.5 Å². The highest BCUT2D eigenvalue weighted by atomic mass is 14.8. The molecule has 0 spiro atoms. The van der Waals surface area contributed by atoms with Crippen molar-refractivity contribution in [3.63, 3.8) is 0 Å². The lowest BCUT2D eigenvalue weighted by Gasteiger charge is -2.05. The van der Waals surface area contributed by atoms with Crippen LogP contribution in [-0.2, 0) is 12.8 Å². The molecule has 24 heavy (non-hydrogen) atoms. The molecule has 0 atom stereocenters. The lowest BCUT2D eigenvalue weighted by Crippen LogP contribution is -2.18. The molecule has 0 aliphatic heterocycles. The Hall–Kier alpha value is -2.64. The summed E-state index contributed by atoms with van der Waals surface area (Å²) < 4.78 is 0. The molecular weight excluding hydrogens is 296 g/mol. The Balaban J connectivity index is 1.38. The van der Waals surface area contributed by atoms with Crippen molar-refractivity contribution in [2.24, 2.45) is 0 Å². The number of aromatic amines is 1. The number of H-pyrrole nitrogens is 1. The standard InChI is InChI=1S/C20H22N4/c21-14-17-4-5-20-19(13-17)18(15-24-20)3-1-2-9-22-10-6-16-7-11-23-12-8-16/h4-5,7-8,11-13,15,22,24H,1-3,6,9-10H2. The summed E-state index contributed by atoms with van der Waals surface area (Å²) in [5.41, 5.74) is 4.46. The number of aryl methyl sites for hydroxylation is 1. The van der Waals surface area contributed by atoms with Gasteiger partial charge in [0.25, 0.3) is 0 Å². The highest BCUT2D eigenvalue weighted by Gasteiger charge is 2.04. The molecular formula is C20H22N4. The Morgan fingerprint density at radius 2 is 1.92 bits per heavy atom. The Bertz CT molecular complexity index is 815. The number of nitrogens with one attached hydrogen (secondary N) is 2. The monoisotopic (exact) mass is 318 g/mol. The normalized spacial score (nSPS) is 10.8. The number of nitriles is 1. The van der Waals surface area contributed by atoms with E-state index in [9.17, 15) is 0 Å². The molecule has 0 fully saturated rings. The first-order chi connectivity index (χ1) is 11.9. The molecule has 0 amide bonds. The molecule has 122 valence electrons. The van der Waals surface area contributed by atoms with Crippen molar-refractivity contribution >= 4 is 10.9 Å². The average Bonchev–Trinajstić information content (AvgIpc) is 3.04. The number of pyridine rings is 1. The molecule has 2 aromatic heterocycles. The molecule has 0 radical (unpaired) electrons. The molecule has 2 heterocycles. The van der Waals surface area contributed by atoms with Gasteiger partial charge >= 0.3 is 0 Å². The fourth-order valence-electron chi connectivity index (χ4n) is 2.93. The molecule has 1 aromatic carbocycles. The first kappa shape index (κ1) is 16.2. The van der Waals surface area contributed by atoms with E-state index in [1.165, 1.54) is 16.5 Å². The van der Waals surface area contributed by atoms with Gasteiger partial charge in [0.05, 0.1) is 11.6 Å². The summed E-state index contributed by atoms with van der Waals surface area (Å²) >= 11 is 0. The van der Waals surface area contributed by atoms with Crippen molar-refractivity contribution in [3.05, 3.63) is 65.6 Å². The third kappa shape index (κ3) is 4.21. The maximum Gasteiger partial charge on any atom is 0.0991 e. The molecule has 0 aliphatic carbocycles. The van der Waals surface area contributed by atoms with Gasteiger partial charge in [0.1, 0.15) is 0 Å². The molecule has 0 unspecified atom stereocenters. The van der Waals surface area contributed by atoms with Crippen LogP contribution in [0.15, 0.2) is 48.9 Å². The van der Waals surface area contributed by atoms with Gasteiger partial charge < -0.3 is 10.3 Å². The number of fused-ring (bicyclic) bond motifs is 1. The zero-order valence-corrected chi connectivity index (χ0v) is 13.8. The van der Waals surface area contributed by atoms with E-state index in [1.54, 1.807) is 0 Å². The Kier molecular flexibility index (Phi) is 5.60. The minimum Gasteiger partial charge on any atom is -0.361 e. The second-order valence-electron chi connectivity index (χ2n) is 6.00. The summed E-state index contributed by atoms with van der Waals surface area (Å²) in [6.07, 6.45) is 10.1. The van der Waals surface area contributed by atoms with Crippen molar-refractivity contribution in [3.8, 4) is 6.07 Å². The van der Waals surface area contributed by atoms with E-state index in [4.69, 9.17) is 5.26 Å². The third-order valence-corrected chi connectivity index (χ3v) is 4.29. The summed E-state index contributed by atoms with van der Waals surface area (Å²) in [4.78, 5) is 7.32.